The highest BCUT2D eigenvalue weighted by atomic mass is 32.1. The van der Waals surface area contributed by atoms with Crippen molar-refractivity contribution in [2.75, 3.05) is 6.54 Å². The molecule has 0 saturated heterocycles. The van der Waals surface area contributed by atoms with Gasteiger partial charge in [-0.2, -0.15) is 11.3 Å². The Morgan fingerprint density at radius 1 is 1.55 bits per heavy atom. The zero-order valence-electron chi connectivity index (χ0n) is 7.08. The smallest absolute Gasteiger partial charge is 0.00458 e. The summed E-state index contributed by atoms with van der Waals surface area (Å²) in [6.07, 6.45) is 0. The summed E-state index contributed by atoms with van der Waals surface area (Å²) in [5.74, 6) is 1.19. The van der Waals surface area contributed by atoms with Gasteiger partial charge in [-0.25, -0.2) is 0 Å². The molecule has 0 radical (unpaired) electrons. The molecule has 0 fully saturated rings. The summed E-state index contributed by atoms with van der Waals surface area (Å²) in [6, 6.07) is 2.18. The van der Waals surface area contributed by atoms with E-state index < -0.39 is 0 Å². The Morgan fingerprint density at radius 3 is 2.73 bits per heavy atom. The highest BCUT2D eigenvalue weighted by Crippen LogP contribution is 2.24. The molecule has 1 aromatic heterocycles. The minimum atomic E-state index is 0.588. The normalized spacial score (nSPS) is 16.3. The van der Waals surface area contributed by atoms with Crippen LogP contribution in [0.4, 0.5) is 0 Å². The van der Waals surface area contributed by atoms with Gasteiger partial charge < -0.3 is 5.73 Å². The number of rotatable bonds is 3. The molecule has 0 saturated carbocycles. The van der Waals surface area contributed by atoms with Gasteiger partial charge in [0.15, 0.2) is 0 Å². The molecular formula is C9H15NS. The molecule has 0 aliphatic heterocycles. The SMILES string of the molecule is CC(CN)C(C)c1ccsc1. The van der Waals surface area contributed by atoms with Crippen molar-refractivity contribution in [3.8, 4) is 0 Å². The third-order valence-corrected chi connectivity index (χ3v) is 3.00. The van der Waals surface area contributed by atoms with E-state index >= 15 is 0 Å². The van der Waals surface area contributed by atoms with Gasteiger partial charge in [-0.1, -0.05) is 13.8 Å². The fraction of sp³-hybridized carbons (Fsp3) is 0.556. The second-order valence-corrected chi connectivity index (χ2v) is 3.84. The third kappa shape index (κ3) is 2.04. The van der Waals surface area contributed by atoms with Gasteiger partial charge in [-0.05, 0) is 40.8 Å². The molecule has 0 spiro atoms. The first-order valence-electron chi connectivity index (χ1n) is 3.98. The summed E-state index contributed by atoms with van der Waals surface area (Å²) < 4.78 is 0. The van der Waals surface area contributed by atoms with Crippen molar-refractivity contribution in [3.05, 3.63) is 22.4 Å². The third-order valence-electron chi connectivity index (χ3n) is 2.29. The molecule has 2 N–H and O–H groups in total. The Kier molecular flexibility index (Phi) is 3.09. The minimum Gasteiger partial charge on any atom is -0.330 e. The van der Waals surface area contributed by atoms with E-state index in [9.17, 15) is 0 Å². The van der Waals surface area contributed by atoms with Gasteiger partial charge in [-0.15, -0.1) is 0 Å². The summed E-state index contributed by atoms with van der Waals surface area (Å²) >= 11 is 1.75. The Hall–Kier alpha value is -0.340. The molecule has 0 aliphatic carbocycles. The van der Waals surface area contributed by atoms with Crippen molar-refractivity contribution < 1.29 is 0 Å². The molecule has 1 rings (SSSR count). The van der Waals surface area contributed by atoms with Crippen LogP contribution in [-0.2, 0) is 0 Å². The molecule has 1 heterocycles. The van der Waals surface area contributed by atoms with Crippen LogP contribution in [0.15, 0.2) is 16.8 Å². The van der Waals surface area contributed by atoms with Crippen molar-refractivity contribution in [2.45, 2.75) is 19.8 Å². The molecule has 1 nitrogen and oxygen atoms in total. The van der Waals surface area contributed by atoms with Gasteiger partial charge in [0.1, 0.15) is 0 Å². The van der Waals surface area contributed by atoms with E-state index in [0.29, 0.717) is 11.8 Å². The largest absolute Gasteiger partial charge is 0.330 e. The van der Waals surface area contributed by atoms with Crippen LogP contribution in [0.2, 0.25) is 0 Å². The molecule has 11 heavy (non-hydrogen) atoms. The zero-order valence-corrected chi connectivity index (χ0v) is 7.90. The molecule has 1 aromatic rings. The second kappa shape index (κ2) is 3.88. The summed E-state index contributed by atoms with van der Waals surface area (Å²) in [6.45, 7) is 5.21. The minimum absolute atomic E-state index is 0.588. The Bertz CT molecular complexity index is 193. The van der Waals surface area contributed by atoms with Gasteiger partial charge in [0, 0.05) is 0 Å². The van der Waals surface area contributed by atoms with Crippen molar-refractivity contribution >= 4 is 11.3 Å². The topological polar surface area (TPSA) is 26.0 Å². The summed E-state index contributed by atoms with van der Waals surface area (Å²) in [5, 5.41) is 4.33. The maximum absolute atomic E-state index is 5.58. The number of hydrogen-bond acceptors (Lipinski definition) is 2. The summed E-state index contributed by atoms with van der Waals surface area (Å²) in [7, 11) is 0. The lowest BCUT2D eigenvalue weighted by molar-refractivity contribution is 0.500. The monoisotopic (exact) mass is 169 g/mol. The Morgan fingerprint density at radius 2 is 2.27 bits per heavy atom. The predicted molar refractivity (Wildman–Crippen MR) is 51.0 cm³/mol. The average Bonchev–Trinajstić information content (AvgIpc) is 2.53. The van der Waals surface area contributed by atoms with Crippen molar-refractivity contribution in [1.29, 1.82) is 0 Å². The van der Waals surface area contributed by atoms with Crippen molar-refractivity contribution in [1.82, 2.24) is 0 Å². The molecule has 0 aliphatic rings. The van der Waals surface area contributed by atoms with Crippen LogP contribution in [0.5, 0.6) is 0 Å². The molecule has 2 atom stereocenters. The van der Waals surface area contributed by atoms with E-state index in [1.807, 2.05) is 0 Å². The van der Waals surface area contributed by atoms with Crippen LogP contribution in [0.25, 0.3) is 0 Å². The first-order chi connectivity index (χ1) is 5.25. The molecule has 0 amide bonds. The fourth-order valence-corrected chi connectivity index (χ4v) is 1.83. The van der Waals surface area contributed by atoms with E-state index in [2.05, 4.69) is 30.7 Å². The lowest BCUT2D eigenvalue weighted by Crippen LogP contribution is -2.16. The lowest BCUT2D eigenvalue weighted by Gasteiger charge is -2.16. The standard InChI is InChI=1S/C9H15NS/c1-7(5-10)8(2)9-3-4-11-6-9/h3-4,6-8H,5,10H2,1-2H3. The number of thiophene rings is 1. The van der Waals surface area contributed by atoms with Crippen LogP contribution >= 0.6 is 11.3 Å². The molecule has 0 aromatic carbocycles. The molecule has 2 unspecified atom stereocenters. The molecular weight excluding hydrogens is 154 g/mol. The maximum Gasteiger partial charge on any atom is -0.00458 e. The predicted octanol–water partition coefficient (Wildman–Crippen LogP) is 2.45. The first-order valence-corrected chi connectivity index (χ1v) is 4.92. The average molecular weight is 169 g/mol. The van der Waals surface area contributed by atoms with Crippen LogP contribution in [0, 0.1) is 5.92 Å². The van der Waals surface area contributed by atoms with E-state index in [0.717, 1.165) is 6.54 Å². The highest BCUT2D eigenvalue weighted by Gasteiger charge is 2.12. The summed E-state index contributed by atoms with van der Waals surface area (Å²) in [4.78, 5) is 0. The Balaban J connectivity index is 2.62. The fourth-order valence-electron chi connectivity index (χ4n) is 1.07. The number of nitrogens with two attached hydrogens (primary N) is 1. The van der Waals surface area contributed by atoms with Crippen molar-refractivity contribution in [2.24, 2.45) is 11.7 Å². The molecule has 62 valence electrons. The second-order valence-electron chi connectivity index (χ2n) is 3.06. The van der Waals surface area contributed by atoms with E-state index in [1.165, 1.54) is 5.56 Å². The van der Waals surface area contributed by atoms with Crippen molar-refractivity contribution in [3.63, 3.8) is 0 Å². The maximum atomic E-state index is 5.58. The zero-order chi connectivity index (χ0) is 8.27. The van der Waals surface area contributed by atoms with E-state index in [-0.39, 0.29) is 0 Å². The molecule has 0 bridgehead atoms. The number of hydrogen-bond donors (Lipinski definition) is 1. The van der Waals surface area contributed by atoms with Gasteiger partial charge in [0.2, 0.25) is 0 Å². The lowest BCUT2D eigenvalue weighted by atomic mass is 9.91. The highest BCUT2D eigenvalue weighted by molar-refractivity contribution is 7.07. The van der Waals surface area contributed by atoms with E-state index in [4.69, 9.17) is 5.73 Å². The molecule has 2 heteroatoms. The summed E-state index contributed by atoms with van der Waals surface area (Å²) in [5.41, 5.74) is 7.01. The van der Waals surface area contributed by atoms with Crippen LogP contribution in [-0.4, -0.2) is 6.54 Å². The quantitative estimate of drug-likeness (QED) is 0.739. The van der Waals surface area contributed by atoms with E-state index in [1.54, 1.807) is 11.3 Å². The van der Waals surface area contributed by atoms with Gasteiger partial charge in [-0.3, -0.25) is 0 Å². The van der Waals surface area contributed by atoms with Crippen LogP contribution in [0.3, 0.4) is 0 Å². The van der Waals surface area contributed by atoms with Gasteiger partial charge in [0.05, 0.1) is 0 Å². The van der Waals surface area contributed by atoms with Gasteiger partial charge >= 0.3 is 0 Å². The van der Waals surface area contributed by atoms with Gasteiger partial charge in [0.25, 0.3) is 0 Å². The Labute approximate surface area is 72.2 Å². The van der Waals surface area contributed by atoms with Crippen LogP contribution in [0.1, 0.15) is 25.3 Å². The van der Waals surface area contributed by atoms with Crippen LogP contribution < -0.4 is 5.73 Å². The first kappa shape index (κ1) is 8.75.